The van der Waals surface area contributed by atoms with Crippen LogP contribution in [0.4, 0.5) is 0 Å². The Labute approximate surface area is 364 Å². The summed E-state index contributed by atoms with van der Waals surface area (Å²) in [5, 5.41) is 23.7. The van der Waals surface area contributed by atoms with Gasteiger partial charge in [0, 0.05) is 6.42 Å². The maximum atomic E-state index is 13.2. The van der Waals surface area contributed by atoms with Gasteiger partial charge in [-0.2, -0.15) is 0 Å². The van der Waals surface area contributed by atoms with Gasteiger partial charge < -0.3 is 20.3 Å². The number of hydrogen-bond donors (Lipinski definition) is 3. The third kappa shape index (κ3) is 41.8. The summed E-state index contributed by atoms with van der Waals surface area (Å²) < 4.78 is 5.90. The van der Waals surface area contributed by atoms with Gasteiger partial charge in [-0.1, -0.05) is 196 Å². The Bertz CT molecular complexity index is 1110. The fourth-order valence-corrected chi connectivity index (χ4v) is 7.06. The Morgan fingerprint density at radius 2 is 0.966 bits per heavy atom. The predicted molar refractivity (Wildman–Crippen MR) is 255 cm³/mol. The van der Waals surface area contributed by atoms with E-state index in [0.29, 0.717) is 19.3 Å². The van der Waals surface area contributed by atoms with Crippen molar-refractivity contribution in [2.45, 2.75) is 244 Å². The van der Waals surface area contributed by atoms with Gasteiger partial charge in [0.05, 0.1) is 25.2 Å². The minimum absolute atomic E-state index is 0.0482. The van der Waals surface area contributed by atoms with Crippen LogP contribution >= 0.6 is 0 Å². The molecule has 0 aliphatic carbocycles. The van der Waals surface area contributed by atoms with Gasteiger partial charge in [-0.05, 0) is 89.9 Å². The molecule has 340 valence electrons. The molecule has 0 spiro atoms. The summed E-state index contributed by atoms with van der Waals surface area (Å²) in [6, 6.07) is -0.716. The fraction of sp³-hybridized carbons (Fsp3) is 0.736. The molecule has 3 atom stereocenters. The van der Waals surface area contributed by atoms with Crippen molar-refractivity contribution in [1.29, 1.82) is 0 Å². The molecule has 0 fully saturated rings. The third-order valence-electron chi connectivity index (χ3n) is 10.8. The van der Waals surface area contributed by atoms with Crippen LogP contribution in [0.3, 0.4) is 0 Å². The van der Waals surface area contributed by atoms with Gasteiger partial charge in [-0.3, -0.25) is 9.59 Å². The highest BCUT2D eigenvalue weighted by molar-refractivity contribution is 5.77. The molecule has 0 bridgehead atoms. The maximum absolute atomic E-state index is 13.2. The van der Waals surface area contributed by atoms with E-state index < -0.39 is 18.2 Å². The first-order valence-electron chi connectivity index (χ1n) is 24.7. The Morgan fingerprint density at radius 1 is 0.525 bits per heavy atom. The summed E-state index contributed by atoms with van der Waals surface area (Å²) in [6.45, 7) is 6.31. The van der Waals surface area contributed by atoms with E-state index in [1.165, 1.54) is 70.6 Å². The summed E-state index contributed by atoms with van der Waals surface area (Å²) in [6.07, 6.45) is 58.1. The minimum Gasteiger partial charge on any atom is -0.462 e. The molecule has 1 amide bonds. The van der Waals surface area contributed by atoms with Gasteiger partial charge in [-0.15, -0.1) is 0 Å². The van der Waals surface area contributed by atoms with E-state index in [0.717, 1.165) is 109 Å². The molecule has 0 aromatic heterocycles. The number of allylic oxidation sites excluding steroid dienone is 12. The molecule has 3 N–H and O–H groups in total. The molecule has 0 rings (SSSR count). The topological polar surface area (TPSA) is 95.9 Å². The zero-order valence-electron chi connectivity index (χ0n) is 38.6. The predicted octanol–water partition coefficient (Wildman–Crippen LogP) is 14.6. The summed E-state index contributed by atoms with van der Waals surface area (Å²) in [7, 11) is 0. The first-order valence-corrected chi connectivity index (χ1v) is 24.7. The lowest BCUT2D eigenvalue weighted by Gasteiger charge is -2.24. The number of unbranched alkanes of at least 4 members (excludes halogenated alkanes) is 20. The van der Waals surface area contributed by atoms with E-state index in [-0.39, 0.29) is 24.9 Å². The van der Waals surface area contributed by atoms with Crippen molar-refractivity contribution in [3.05, 3.63) is 72.9 Å². The van der Waals surface area contributed by atoms with Crippen molar-refractivity contribution in [2.24, 2.45) is 0 Å². The number of nitrogens with one attached hydrogen (secondary N) is 1. The van der Waals surface area contributed by atoms with E-state index in [2.05, 4.69) is 99.0 Å². The van der Waals surface area contributed by atoms with Crippen LogP contribution in [0.2, 0.25) is 0 Å². The lowest BCUT2D eigenvalue weighted by atomic mass is 10.0. The molecule has 0 saturated heterocycles. The summed E-state index contributed by atoms with van der Waals surface area (Å²) in [5.74, 6) is -0.535. The van der Waals surface area contributed by atoms with Crippen LogP contribution in [-0.2, 0) is 14.3 Å². The average molecular weight is 824 g/mol. The van der Waals surface area contributed by atoms with Crippen LogP contribution in [0, 0.1) is 0 Å². The molecule has 0 heterocycles. The fourth-order valence-electron chi connectivity index (χ4n) is 7.06. The monoisotopic (exact) mass is 824 g/mol. The van der Waals surface area contributed by atoms with Crippen molar-refractivity contribution in [1.82, 2.24) is 5.32 Å². The highest BCUT2D eigenvalue weighted by atomic mass is 16.5. The van der Waals surface area contributed by atoms with E-state index in [1.807, 2.05) is 0 Å². The second-order valence-corrected chi connectivity index (χ2v) is 16.5. The number of amides is 1. The van der Waals surface area contributed by atoms with Gasteiger partial charge >= 0.3 is 5.97 Å². The molecule has 6 heteroatoms. The maximum Gasteiger partial charge on any atom is 0.306 e. The highest BCUT2D eigenvalue weighted by Crippen LogP contribution is 2.17. The summed E-state index contributed by atoms with van der Waals surface area (Å²) >= 11 is 0. The number of carbonyl (C=O) groups excluding carboxylic acids is 2. The number of aliphatic hydroxyl groups excluding tert-OH is 2. The lowest BCUT2D eigenvalue weighted by Crippen LogP contribution is -2.46. The Morgan fingerprint density at radius 3 is 1.53 bits per heavy atom. The van der Waals surface area contributed by atoms with Crippen LogP contribution in [-0.4, -0.2) is 46.9 Å². The first-order chi connectivity index (χ1) is 29.0. The molecule has 0 aliphatic heterocycles. The molecule has 0 saturated carbocycles. The largest absolute Gasteiger partial charge is 0.462 e. The third-order valence-corrected chi connectivity index (χ3v) is 10.8. The molecule has 0 aliphatic rings. The van der Waals surface area contributed by atoms with Crippen LogP contribution in [0.5, 0.6) is 0 Å². The molecular weight excluding hydrogens is 731 g/mol. The standard InChI is InChI=1S/C53H93NO5/c1-4-7-10-13-16-19-22-24-25-26-28-31-34-37-40-43-46-53(58)59-49(44-41-38-35-32-30-27-23-20-17-14-11-8-5-2)47-52(57)54-50(48-55)51(56)45-42-39-36-33-29-21-18-15-12-9-6-3/h7,10,16-17,19-20,23-25,27-28,31,49-51,55-56H,4-6,8-9,11-15,18,21-22,26,29-30,32-48H2,1-3H3,(H,54,57)/b10-7+,19-16+,20-17+,25-24+,27-23+,31-28+. The van der Waals surface area contributed by atoms with Crippen LogP contribution in [0.15, 0.2) is 72.9 Å². The zero-order valence-corrected chi connectivity index (χ0v) is 38.6. The molecule has 59 heavy (non-hydrogen) atoms. The molecule has 0 aromatic carbocycles. The number of esters is 1. The normalized spacial score (nSPS) is 13.9. The first kappa shape index (κ1) is 56.3. The zero-order chi connectivity index (χ0) is 43.1. The number of ether oxygens (including phenoxy) is 1. The molecule has 3 unspecified atom stereocenters. The van der Waals surface area contributed by atoms with Crippen molar-refractivity contribution in [3.63, 3.8) is 0 Å². The van der Waals surface area contributed by atoms with E-state index in [1.54, 1.807) is 0 Å². The van der Waals surface area contributed by atoms with Crippen LogP contribution in [0.1, 0.15) is 226 Å². The van der Waals surface area contributed by atoms with E-state index in [9.17, 15) is 19.8 Å². The SMILES string of the molecule is CC/C=C/C/C=C/C/C=C/C/C=C/CCCCCC(=O)OC(CCCCCC/C=C/C=C/CCCCC)CC(=O)NC(CO)C(O)CCCCCCCCCCCCC. The van der Waals surface area contributed by atoms with Crippen LogP contribution in [0.25, 0.3) is 0 Å². The quantitative estimate of drug-likeness (QED) is 0.0246. The summed E-state index contributed by atoms with van der Waals surface area (Å²) in [4.78, 5) is 26.1. The summed E-state index contributed by atoms with van der Waals surface area (Å²) in [5.41, 5.74) is 0. The molecule has 0 radical (unpaired) electrons. The van der Waals surface area contributed by atoms with Crippen molar-refractivity contribution in [2.75, 3.05) is 6.61 Å². The number of carbonyl (C=O) groups is 2. The Balaban J connectivity index is 4.69. The Hall–Kier alpha value is -2.70. The smallest absolute Gasteiger partial charge is 0.306 e. The van der Waals surface area contributed by atoms with E-state index >= 15 is 0 Å². The minimum atomic E-state index is -0.800. The average Bonchev–Trinajstić information content (AvgIpc) is 3.23. The van der Waals surface area contributed by atoms with Gasteiger partial charge in [0.2, 0.25) is 5.91 Å². The van der Waals surface area contributed by atoms with Crippen molar-refractivity contribution in [3.8, 4) is 0 Å². The molecular formula is C53H93NO5. The van der Waals surface area contributed by atoms with Crippen LogP contribution < -0.4 is 5.32 Å². The number of aliphatic hydroxyl groups is 2. The second-order valence-electron chi connectivity index (χ2n) is 16.5. The highest BCUT2D eigenvalue weighted by Gasteiger charge is 2.24. The molecule has 0 aromatic rings. The second kappa shape index (κ2) is 46.4. The molecule has 6 nitrogen and oxygen atoms in total. The van der Waals surface area contributed by atoms with E-state index in [4.69, 9.17) is 4.74 Å². The van der Waals surface area contributed by atoms with Gasteiger partial charge in [0.25, 0.3) is 0 Å². The van der Waals surface area contributed by atoms with Crippen molar-refractivity contribution < 1.29 is 24.5 Å². The Kier molecular flexibility index (Phi) is 44.2. The lowest BCUT2D eigenvalue weighted by molar-refractivity contribution is -0.151. The van der Waals surface area contributed by atoms with Gasteiger partial charge in [0.15, 0.2) is 0 Å². The van der Waals surface area contributed by atoms with Crippen molar-refractivity contribution >= 4 is 11.9 Å². The van der Waals surface area contributed by atoms with Gasteiger partial charge in [0.1, 0.15) is 6.10 Å². The number of hydrogen-bond acceptors (Lipinski definition) is 5. The number of rotatable bonds is 43. The van der Waals surface area contributed by atoms with Gasteiger partial charge in [-0.25, -0.2) is 0 Å².